The summed E-state index contributed by atoms with van der Waals surface area (Å²) >= 11 is 1.39. The highest BCUT2D eigenvalue weighted by Gasteiger charge is 2.34. The van der Waals surface area contributed by atoms with E-state index in [0.717, 1.165) is 12.0 Å². The first-order chi connectivity index (χ1) is 12.6. The highest BCUT2D eigenvalue weighted by Crippen LogP contribution is 2.22. The number of thiophene rings is 1. The zero-order valence-electron chi connectivity index (χ0n) is 14.4. The summed E-state index contributed by atoms with van der Waals surface area (Å²) in [5, 5.41) is 4.75. The van der Waals surface area contributed by atoms with E-state index in [1.54, 1.807) is 35.2 Å². The number of ether oxygens (including phenoxy) is 1. The van der Waals surface area contributed by atoms with Crippen LogP contribution in [0, 0.1) is 0 Å². The number of likely N-dealkylation sites (tertiary alicyclic amines) is 1. The van der Waals surface area contributed by atoms with Crippen molar-refractivity contribution in [1.82, 2.24) is 10.2 Å². The Kier molecular flexibility index (Phi) is 5.68. The molecule has 2 heterocycles. The highest BCUT2D eigenvalue weighted by atomic mass is 32.1. The second-order valence-corrected chi connectivity index (χ2v) is 6.99. The third-order valence-corrected chi connectivity index (χ3v) is 5.25. The normalized spacial score (nSPS) is 16.3. The summed E-state index contributed by atoms with van der Waals surface area (Å²) in [4.78, 5) is 38.8. The van der Waals surface area contributed by atoms with Crippen molar-refractivity contribution in [2.45, 2.75) is 25.4 Å². The van der Waals surface area contributed by atoms with Crippen molar-refractivity contribution in [1.29, 1.82) is 0 Å². The molecular weight excluding hydrogens is 352 g/mol. The van der Waals surface area contributed by atoms with Crippen molar-refractivity contribution in [2.24, 2.45) is 0 Å². The van der Waals surface area contributed by atoms with E-state index in [9.17, 15) is 14.4 Å². The minimum atomic E-state index is -0.432. The van der Waals surface area contributed by atoms with Crippen LogP contribution in [-0.4, -0.2) is 42.4 Å². The van der Waals surface area contributed by atoms with Gasteiger partial charge in [0, 0.05) is 13.1 Å². The van der Waals surface area contributed by atoms with Crippen LogP contribution >= 0.6 is 11.3 Å². The van der Waals surface area contributed by atoms with Gasteiger partial charge in [0.15, 0.2) is 0 Å². The Morgan fingerprint density at radius 2 is 2.00 bits per heavy atom. The molecule has 1 aliphatic heterocycles. The maximum atomic E-state index is 12.5. The number of hydrogen-bond acceptors (Lipinski definition) is 5. The zero-order valence-corrected chi connectivity index (χ0v) is 15.3. The first-order valence-corrected chi connectivity index (χ1v) is 9.27. The Morgan fingerprint density at radius 3 is 2.65 bits per heavy atom. The molecule has 1 aromatic carbocycles. The maximum Gasteiger partial charge on any atom is 0.337 e. The molecule has 2 amide bonds. The van der Waals surface area contributed by atoms with Gasteiger partial charge in [0.25, 0.3) is 5.91 Å². The topological polar surface area (TPSA) is 75.7 Å². The van der Waals surface area contributed by atoms with Gasteiger partial charge in [-0.25, -0.2) is 4.79 Å². The number of amides is 2. The van der Waals surface area contributed by atoms with Gasteiger partial charge in [-0.3, -0.25) is 9.59 Å². The molecule has 136 valence electrons. The fourth-order valence-electron chi connectivity index (χ4n) is 3.01. The fraction of sp³-hybridized carbons (Fsp3) is 0.316. The molecule has 1 N–H and O–H groups in total. The lowest BCUT2D eigenvalue weighted by Crippen LogP contribution is -2.45. The van der Waals surface area contributed by atoms with Crippen molar-refractivity contribution in [3.8, 4) is 0 Å². The molecule has 3 rings (SSSR count). The van der Waals surface area contributed by atoms with Gasteiger partial charge >= 0.3 is 5.97 Å². The summed E-state index contributed by atoms with van der Waals surface area (Å²) in [5.41, 5.74) is 1.34. The van der Waals surface area contributed by atoms with Gasteiger partial charge in [0.2, 0.25) is 5.91 Å². The van der Waals surface area contributed by atoms with Crippen molar-refractivity contribution >= 4 is 29.1 Å². The van der Waals surface area contributed by atoms with E-state index < -0.39 is 12.0 Å². The Hall–Kier alpha value is -2.67. The summed E-state index contributed by atoms with van der Waals surface area (Å²) in [6, 6.07) is 10.1. The van der Waals surface area contributed by atoms with Crippen LogP contribution in [0.5, 0.6) is 0 Å². The van der Waals surface area contributed by atoms with E-state index in [-0.39, 0.29) is 11.8 Å². The summed E-state index contributed by atoms with van der Waals surface area (Å²) in [6.07, 6.45) is 1.49. The Morgan fingerprint density at radius 1 is 1.23 bits per heavy atom. The van der Waals surface area contributed by atoms with E-state index in [1.165, 1.54) is 18.4 Å². The van der Waals surface area contributed by atoms with Crippen molar-refractivity contribution in [3.05, 3.63) is 57.8 Å². The maximum absolute atomic E-state index is 12.5. The standard InChI is InChI=1S/C19H20N2O4S/c1-25-19(24)14-8-6-13(7-9-14)12-20-17(22)15-4-2-10-21(15)18(23)16-5-3-11-26-16/h3,5-9,11,15H,2,4,10,12H2,1H3,(H,20,22)/t15-/m0/s1. The minimum Gasteiger partial charge on any atom is -0.465 e. The lowest BCUT2D eigenvalue weighted by Gasteiger charge is -2.23. The number of hydrogen-bond donors (Lipinski definition) is 1. The molecule has 0 saturated carbocycles. The van der Waals surface area contributed by atoms with Gasteiger partial charge in [-0.05, 0) is 42.0 Å². The smallest absolute Gasteiger partial charge is 0.337 e. The van der Waals surface area contributed by atoms with Crippen LogP contribution < -0.4 is 5.32 Å². The summed E-state index contributed by atoms with van der Waals surface area (Å²) in [5.74, 6) is -0.626. The quantitative estimate of drug-likeness (QED) is 0.818. The molecule has 6 nitrogen and oxygen atoms in total. The van der Waals surface area contributed by atoms with Crippen LogP contribution in [0.4, 0.5) is 0 Å². The molecule has 1 atom stereocenters. The molecule has 1 aliphatic rings. The molecule has 1 saturated heterocycles. The molecule has 0 spiro atoms. The molecule has 2 aromatic rings. The largest absolute Gasteiger partial charge is 0.465 e. The number of nitrogens with zero attached hydrogens (tertiary/aromatic N) is 1. The number of benzene rings is 1. The summed E-state index contributed by atoms with van der Waals surface area (Å²) in [7, 11) is 1.33. The molecule has 1 aromatic heterocycles. The Labute approximate surface area is 155 Å². The lowest BCUT2D eigenvalue weighted by molar-refractivity contribution is -0.125. The van der Waals surface area contributed by atoms with Gasteiger partial charge in [-0.2, -0.15) is 0 Å². The fourth-order valence-corrected chi connectivity index (χ4v) is 3.69. The predicted molar refractivity (Wildman–Crippen MR) is 98.0 cm³/mol. The molecule has 0 bridgehead atoms. The van der Waals surface area contributed by atoms with Crippen LogP contribution in [-0.2, 0) is 16.1 Å². The predicted octanol–water partition coefficient (Wildman–Crippen LogP) is 2.46. The first-order valence-electron chi connectivity index (χ1n) is 8.39. The Bertz CT molecular complexity index is 786. The zero-order chi connectivity index (χ0) is 18.5. The highest BCUT2D eigenvalue weighted by molar-refractivity contribution is 7.12. The molecule has 0 radical (unpaired) electrons. The molecule has 1 fully saturated rings. The van der Waals surface area contributed by atoms with E-state index in [2.05, 4.69) is 10.1 Å². The second-order valence-electron chi connectivity index (χ2n) is 6.04. The number of nitrogens with one attached hydrogen (secondary N) is 1. The van der Waals surface area contributed by atoms with Gasteiger partial charge in [-0.1, -0.05) is 18.2 Å². The van der Waals surface area contributed by atoms with Crippen LogP contribution in [0.1, 0.15) is 38.4 Å². The first kappa shape index (κ1) is 18.1. The SMILES string of the molecule is COC(=O)c1ccc(CNC(=O)[C@@H]2CCCN2C(=O)c2cccs2)cc1. The van der Waals surface area contributed by atoms with Crippen LogP contribution in [0.15, 0.2) is 41.8 Å². The van der Waals surface area contributed by atoms with E-state index in [1.807, 2.05) is 11.4 Å². The molecule has 7 heteroatoms. The van der Waals surface area contributed by atoms with Crippen LogP contribution in [0.2, 0.25) is 0 Å². The number of methoxy groups -OCH3 is 1. The van der Waals surface area contributed by atoms with Crippen molar-refractivity contribution in [2.75, 3.05) is 13.7 Å². The number of esters is 1. The second kappa shape index (κ2) is 8.14. The number of rotatable bonds is 5. The molecule has 26 heavy (non-hydrogen) atoms. The van der Waals surface area contributed by atoms with E-state index >= 15 is 0 Å². The minimum absolute atomic E-state index is 0.0833. The van der Waals surface area contributed by atoms with Crippen molar-refractivity contribution in [3.63, 3.8) is 0 Å². The van der Waals surface area contributed by atoms with Gasteiger partial charge < -0.3 is 15.0 Å². The van der Waals surface area contributed by atoms with E-state index in [0.29, 0.717) is 30.0 Å². The summed E-state index contributed by atoms with van der Waals surface area (Å²) < 4.78 is 4.66. The molecule has 0 aliphatic carbocycles. The van der Waals surface area contributed by atoms with Crippen LogP contribution in [0.25, 0.3) is 0 Å². The van der Waals surface area contributed by atoms with Crippen LogP contribution in [0.3, 0.4) is 0 Å². The Balaban J connectivity index is 1.59. The third kappa shape index (κ3) is 3.94. The summed E-state index contributed by atoms with van der Waals surface area (Å²) in [6.45, 7) is 0.945. The van der Waals surface area contributed by atoms with Crippen molar-refractivity contribution < 1.29 is 19.1 Å². The molecular formula is C19H20N2O4S. The molecule has 0 unspecified atom stereocenters. The average Bonchev–Trinajstić information content (AvgIpc) is 3.37. The van der Waals surface area contributed by atoms with Gasteiger partial charge in [0.1, 0.15) is 6.04 Å². The number of carbonyl (C=O) groups excluding carboxylic acids is 3. The van der Waals surface area contributed by atoms with Gasteiger partial charge in [-0.15, -0.1) is 11.3 Å². The van der Waals surface area contributed by atoms with E-state index in [4.69, 9.17) is 0 Å². The third-order valence-electron chi connectivity index (χ3n) is 4.39. The average molecular weight is 372 g/mol. The number of carbonyl (C=O) groups is 3. The lowest BCUT2D eigenvalue weighted by atomic mass is 10.1. The van der Waals surface area contributed by atoms with Gasteiger partial charge in [0.05, 0.1) is 17.6 Å². The monoisotopic (exact) mass is 372 g/mol.